The minimum Gasteiger partial charge on any atom is -0.493 e. The van der Waals surface area contributed by atoms with Crippen molar-refractivity contribution in [2.45, 2.75) is 38.8 Å². The summed E-state index contributed by atoms with van der Waals surface area (Å²) in [6, 6.07) is 16.1. The van der Waals surface area contributed by atoms with Crippen LogP contribution in [0.2, 0.25) is 0 Å². The number of rotatable bonds is 8. The Bertz CT molecular complexity index is 575. The second-order valence-corrected chi connectivity index (χ2v) is 5.43. The van der Waals surface area contributed by atoms with Gasteiger partial charge < -0.3 is 15.2 Å². The standard InChI is InChI=1S/C19H25NO2.ClH/c1-3-4-10-17(20)16-11-12-18(21-2)19(13-16)22-14-15-8-6-5-7-9-15;/h5-9,11-13,17H,3-4,10,14,20H2,1-2H3;1H/t17-;/m1./s1. The van der Waals surface area contributed by atoms with Crippen LogP contribution in [0.15, 0.2) is 48.5 Å². The summed E-state index contributed by atoms with van der Waals surface area (Å²) < 4.78 is 11.3. The molecule has 23 heavy (non-hydrogen) atoms. The van der Waals surface area contributed by atoms with Crippen molar-refractivity contribution in [3.63, 3.8) is 0 Å². The monoisotopic (exact) mass is 335 g/mol. The van der Waals surface area contributed by atoms with Gasteiger partial charge in [0, 0.05) is 6.04 Å². The van der Waals surface area contributed by atoms with Crippen LogP contribution in [0.4, 0.5) is 0 Å². The van der Waals surface area contributed by atoms with E-state index < -0.39 is 0 Å². The van der Waals surface area contributed by atoms with Gasteiger partial charge in [-0.25, -0.2) is 0 Å². The molecule has 0 spiro atoms. The molecule has 1 atom stereocenters. The molecule has 3 nitrogen and oxygen atoms in total. The van der Waals surface area contributed by atoms with Crippen molar-refractivity contribution in [2.75, 3.05) is 7.11 Å². The second kappa shape index (κ2) is 10.1. The van der Waals surface area contributed by atoms with Crippen LogP contribution >= 0.6 is 12.4 Å². The predicted molar refractivity (Wildman–Crippen MR) is 97.5 cm³/mol. The molecular formula is C19H26ClNO2. The zero-order valence-corrected chi connectivity index (χ0v) is 14.6. The summed E-state index contributed by atoms with van der Waals surface area (Å²) in [6.07, 6.45) is 3.27. The summed E-state index contributed by atoms with van der Waals surface area (Å²) in [6.45, 7) is 2.69. The van der Waals surface area contributed by atoms with Gasteiger partial charge in [0.25, 0.3) is 0 Å². The fraction of sp³-hybridized carbons (Fsp3) is 0.368. The SMILES string of the molecule is CCCC[C@@H](N)c1ccc(OC)c(OCc2ccccc2)c1.Cl. The Kier molecular flexibility index (Phi) is 8.52. The van der Waals surface area contributed by atoms with Crippen LogP contribution in [-0.4, -0.2) is 7.11 Å². The van der Waals surface area contributed by atoms with E-state index in [1.165, 1.54) is 0 Å². The van der Waals surface area contributed by atoms with Gasteiger partial charge in [0.2, 0.25) is 0 Å². The van der Waals surface area contributed by atoms with Crippen LogP contribution in [0.1, 0.15) is 43.4 Å². The first-order chi connectivity index (χ1) is 10.7. The topological polar surface area (TPSA) is 44.5 Å². The Hall–Kier alpha value is -1.71. The van der Waals surface area contributed by atoms with Gasteiger partial charge >= 0.3 is 0 Å². The number of benzene rings is 2. The molecule has 126 valence electrons. The van der Waals surface area contributed by atoms with Gasteiger partial charge in [0.05, 0.1) is 7.11 Å². The molecule has 2 N–H and O–H groups in total. The molecule has 0 radical (unpaired) electrons. The lowest BCUT2D eigenvalue weighted by Gasteiger charge is -2.16. The molecule has 0 bridgehead atoms. The lowest BCUT2D eigenvalue weighted by atomic mass is 10.0. The average molecular weight is 336 g/mol. The Morgan fingerprint density at radius 1 is 1.04 bits per heavy atom. The number of ether oxygens (including phenoxy) is 2. The summed E-state index contributed by atoms with van der Waals surface area (Å²) in [5.74, 6) is 1.48. The van der Waals surface area contributed by atoms with Gasteiger partial charge in [-0.15, -0.1) is 12.4 Å². The predicted octanol–water partition coefficient (Wildman–Crippen LogP) is 4.89. The first-order valence-corrected chi connectivity index (χ1v) is 7.84. The third-order valence-corrected chi connectivity index (χ3v) is 3.72. The average Bonchev–Trinajstić information content (AvgIpc) is 2.58. The van der Waals surface area contributed by atoms with Crippen LogP contribution < -0.4 is 15.2 Å². The summed E-state index contributed by atoms with van der Waals surface area (Å²) in [5, 5.41) is 0. The highest BCUT2D eigenvalue weighted by atomic mass is 35.5. The molecule has 0 aliphatic heterocycles. The quantitative estimate of drug-likeness (QED) is 0.747. The highest BCUT2D eigenvalue weighted by Gasteiger charge is 2.11. The highest BCUT2D eigenvalue weighted by Crippen LogP contribution is 2.31. The van der Waals surface area contributed by atoms with E-state index >= 15 is 0 Å². The molecule has 0 aliphatic carbocycles. The maximum absolute atomic E-state index is 6.25. The second-order valence-electron chi connectivity index (χ2n) is 5.43. The van der Waals surface area contributed by atoms with Crippen LogP contribution in [0.25, 0.3) is 0 Å². The largest absolute Gasteiger partial charge is 0.493 e. The zero-order valence-electron chi connectivity index (χ0n) is 13.8. The van der Waals surface area contributed by atoms with E-state index in [1.807, 2.05) is 48.5 Å². The van der Waals surface area contributed by atoms with E-state index in [9.17, 15) is 0 Å². The normalized spacial score (nSPS) is 11.4. The van der Waals surface area contributed by atoms with E-state index in [1.54, 1.807) is 7.11 Å². The Morgan fingerprint density at radius 3 is 2.43 bits per heavy atom. The molecular weight excluding hydrogens is 310 g/mol. The van der Waals surface area contributed by atoms with E-state index in [2.05, 4.69) is 6.92 Å². The molecule has 4 heteroatoms. The summed E-state index contributed by atoms with van der Waals surface area (Å²) in [7, 11) is 1.65. The van der Waals surface area contributed by atoms with E-state index in [-0.39, 0.29) is 18.4 Å². The molecule has 0 fully saturated rings. The first kappa shape index (κ1) is 19.3. The summed E-state index contributed by atoms with van der Waals surface area (Å²) >= 11 is 0. The number of halogens is 1. The zero-order chi connectivity index (χ0) is 15.8. The van der Waals surface area contributed by atoms with Gasteiger partial charge in [-0.05, 0) is 29.7 Å². The van der Waals surface area contributed by atoms with Crippen molar-refractivity contribution in [1.29, 1.82) is 0 Å². The fourth-order valence-electron chi connectivity index (χ4n) is 2.36. The number of methoxy groups -OCH3 is 1. The minimum atomic E-state index is 0. The smallest absolute Gasteiger partial charge is 0.161 e. The number of hydrogen-bond acceptors (Lipinski definition) is 3. The van der Waals surface area contributed by atoms with Gasteiger partial charge in [-0.1, -0.05) is 56.2 Å². The van der Waals surface area contributed by atoms with Crippen LogP contribution in [0.3, 0.4) is 0 Å². The van der Waals surface area contributed by atoms with Gasteiger partial charge in [0.15, 0.2) is 11.5 Å². The summed E-state index contributed by atoms with van der Waals surface area (Å²) in [5.41, 5.74) is 8.48. The first-order valence-electron chi connectivity index (χ1n) is 7.84. The molecule has 0 aromatic heterocycles. The van der Waals surface area contributed by atoms with Gasteiger partial charge in [0.1, 0.15) is 6.61 Å². The lowest BCUT2D eigenvalue weighted by Crippen LogP contribution is -2.10. The van der Waals surface area contributed by atoms with E-state index in [0.717, 1.165) is 41.9 Å². The van der Waals surface area contributed by atoms with Gasteiger partial charge in [-0.2, -0.15) is 0 Å². The van der Waals surface area contributed by atoms with Crippen molar-refractivity contribution < 1.29 is 9.47 Å². The third kappa shape index (κ3) is 5.77. The minimum absolute atomic E-state index is 0. The molecule has 0 amide bonds. The number of unbranched alkanes of at least 4 members (excludes halogenated alkanes) is 1. The van der Waals surface area contributed by atoms with Crippen LogP contribution in [0.5, 0.6) is 11.5 Å². The molecule has 2 rings (SSSR count). The van der Waals surface area contributed by atoms with Crippen LogP contribution in [0, 0.1) is 0 Å². The van der Waals surface area contributed by atoms with Crippen molar-refractivity contribution in [2.24, 2.45) is 5.73 Å². The maximum atomic E-state index is 6.25. The number of nitrogens with two attached hydrogens (primary N) is 1. The molecule has 0 saturated carbocycles. The van der Waals surface area contributed by atoms with Crippen molar-refractivity contribution in [1.82, 2.24) is 0 Å². The highest BCUT2D eigenvalue weighted by molar-refractivity contribution is 5.85. The third-order valence-electron chi connectivity index (χ3n) is 3.72. The Labute approximate surface area is 145 Å². The van der Waals surface area contributed by atoms with Gasteiger partial charge in [-0.3, -0.25) is 0 Å². The van der Waals surface area contributed by atoms with E-state index in [4.69, 9.17) is 15.2 Å². The molecule has 2 aromatic rings. The van der Waals surface area contributed by atoms with E-state index in [0.29, 0.717) is 6.61 Å². The van der Waals surface area contributed by atoms with Crippen molar-refractivity contribution in [3.8, 4) is 11.5 Å². The maximum Gasteiger partial charge on any atom is 0.161 e. The van der Waals surface area contributed by atoms with Crippen molar-refractivity contribution in [3.05, 3.63) is 59.7 Å². The molecule has 2 aromatic carbocycles. The fourth-order valence-corrected chi connectivity index (χ4v) is 2.36. The Balaban J connectivity index is 0.00000264. The molecule has 0 unspecified atom stereocenters. The summed E-state index contributed by atoms with van der Waals surface area (Å²) in [4.78, 5) is 0. The number of hydrogen-bond donors (Lipinski definition) is 1. The Morgan fingerprint density at radius 2 is 1.78 bits per heavy atom. The molecule has 0 aliphatic rings. The molecule has 0 heterocycles. The molecule has 0 saturated heterocycles. The van der Waals surface area contributed by atoms with Crippen LogP contribution in [-0.2, 0) is 6.61 Å². The lowest BCUT2D eigenvalue weighted by molar-refractivity contribution is 0.284. The van der Waals surface area contributed by atoms with Crippen molar-refractivity contribution >= 4 is 12.4 Å².